The maximum atomic E-state index is 12.5. The third kappa shape index (κ3) is 3.48. The fourth-order valence-electron chi connectivity index (χ4n) is 3.40. The van der Waals surface area contributed by atoms with E-state index in [1.165, 1.54) is 13.0 Å². The number of nitrogens with zero attached hydrogens (tertiary/aromatic N) is 1. The fourth-order valence-corrected chi connectivity index (χ4v) is 3.40. The van der Waals surface area contributed by atoms with Crippen LogP contribution < -0.4 is 10.6 Å². The van der Waals surface area contributed by atoms with E-state index in [2.05, 4.69) is 29.4 Å². The Morgan fingerprint density at radius 3 is 2.63 bits per heavy atom. The zero-order valence-corrected chi connectivity index (χ0v) is 12.5. The SMILES string of the molecule is CCCN1CCC(NC(=O)C2(CC)CCCN2)CC1. The number of carbonyl (C=O) groups excluding carboxylic acids is 1. The molecule has 4 heteroatoms. The lowest BCUT2D eigenvalue weighted by molar-refractivity contribution is -0.128. The normalized spacial score (nSPS) is 29.6. The average Bonchev–Trinajstić information content (AvgIpc) is 2.91. The molecule has 1 atom stereocenters. The first-order chi connectivity index (χ1) is 9.20. The largest absolute Gasteiger partial charge is 0.352 e. The van der Waals surface area contributed by atoms with E-state index in [-0.39, 0.29) is 11.4 Å². The highest BCUT2D eigenvalue weighted by Crippen LogP contribution is 2.24. The van der Waals surface area contributed by atoms with E-state index in [1.807, 2.05) is 0 Å². The molecule has 2 rings (SSSR count). The summed E-state index contributed by atoms with van der Waals surface area (Å²) in [6.45, 7) is 8.78. The molecule has 2 N–H and O–H groups in total. The highest BCUT2D eigenvalue weighted by molar-refractivity contribution is 5.86. The van der Waals surface area contributed by atoms with E-state index in [0.717, 1.165) is 51.7 Å². The average molecular weight is 267 g/mol. The van der Waals surface area contributed by atoms with Gasteiger partial charge >= 0.3 is 0 Å². The van der Waals surface area contributed by atoms with E-state index < -0.39 is 0 Å². The van der Waals surface area contributed by atoms with Crippen molar-refractivity contribution < 1.29 is 4.79 Å². The van der Waals surface area contributed by atoms with Gasteiger partial charge < -0.3 is 15.5 Å². The van der Waals surface area contributed by atoms with Crippen LogP contribution in [0.25, 0.3) is 0 Å². The van der Waals surface area contributed by atoms with Crippen molar-refractivity contribution in [1.29, 1.82) is 0 Å². The number of amides is 1. The Labute approximate surface area is 117 Å². The molecular formula is C15H29N3O. The summed E-state index contributed by atoms with van der Waals surface area (Å²) in [5.41, 5.74) is -0.277. The summed E-state index contributed by atoms with van der Waals surface area (Å²) >= 11 is 0. The van der Waals surface area contributed by atoms with Gasteiger partial charge in [-0.1, -0.05) is 13.8 Å². The van der Waals surface area contributed by atoms with Gasteiger partial charge in [0.25, 0.3) is 0 Å². The van der Waals surface area contributed by atoms with Gasteiger partial charge in [0.2, 0.25) is 5.91 Å². The molecule has 2 aliphatic heterocycles. The molecule has 2 fully saturated rings. The van der Waals surface area contributed by atoms with Gasteiger partial charge in [0, 0.05) is 19.1 Å². The smallest absolute Gasteiger partial charge is 0.240 e. The van der Waals surface area contributed by atoms with Crippen molar-refractivity contribution in [2.24, 2.45) is 0 Å². The van der Waals surface area contributed by atoms with Gasteiger partial charge in [0.1, 0.15) is 0 Å². The predicted molar refractivity (Wildman–Crippen MR) is 78.2 cm³/mol. The summed E-state index contributed by atoms with van der Waals surface area (Å²) < 4.78 is 0. The van der Waals surface area contributed by atoms with Crippen molar-refractivity contribution in [3.8, 4) is 0 Å². The number of rotatable bonds is 5. The first-order valence-electron chi connectivity index (χ1n) is 7.98. The van der Waals surface area contributed by atoms with Crippen LogP contribution in [0.4, 0.5) is 0 Å². The molecule has 1 amide bonds. The van der Waals surface area contributed by atoms with Crippen molar-refractivity contribution in [1.82, 2.24) is 15.5 Å². The van der Waals surface area contributed by atoms with Crippen LogP contribution >= 0.6 is 0 Å². The Bertz CT molecular complexity index is 292. The number of carbonyl (C=O) groups is 1. The van der Waals surface area contributed by atoms with Gasteiger partial charge in [-0.05, 0) is 51.6 Å². The van der Waals surface area contributed by atoms with Crippen molar-refractivity contribution in [2.45, 2.75) is 64.0 Å². The Morgan fingerprint density at radius 1 is 1.37 bits per heavy atom. The summed E-state index contributed by atoms with van der Waals surface area (Å²) in [6.07, 6.45) is 6.44. The lowest BCUT2D eigenvalue weighted by atomic mass is 9.92. The molecule has 0 saturated carbocycles. The van der Waals surface area contributed by atoms with Gasteiger partial charge in [0.05, 0.1) is 5.54 Å². The minimum absolute atomic E-state index is 0.237. The van der Waals surface area contributed by atoms with Gasteiger partial charge in [-0.25, -0.2) is 0 Å². The number of nitrogens with one attached hydrogen (secondary N) is 2. The second-order valence-corrected chi connectivity index (χ2v) is 6.06. The van der Waals surface area contributed by atoms with E-state index in [9.17, 15) is 4.79 Å². The van der Waals surface area contributed by atoms with Crippen molar-refractivity contribution in [2.75, 3.05) is 26.2 Å². The monoisotopic (exact) mass is 267 g/mol. The quantitative estimate of drug-likeness (QED) is 0.793. The molecule has 2 heterocycles. The molecule has 0 aromatic rings. The van der Waals surface area contributed by atoms with Crippen LogP contribution in [0.1, 0.15) is 52.4 Å². The summed E-state index contributed by atoms with van der Waals surface area (Å²) in [7, 11) is 0. The van der Waals surface area contributed by atoms with Crippen LogP contribution in [-0.4, -0.2) is 48.6 Å². The van der Waals surface area contributed by atoms with Gasteiger partial charge in [-0.3, -0.25) is 4.79 Å². The second kappa shape index (κ2) is 6.71. The Balaban J connectivity index is 1.80. The van der Waals surface area contributed by atoms with Crippen LogP contribution in [0.15, 0.2) is 0 Å². The highest BCUT2D eigenvalue weighted by Gasteiger charge is 2.39. The van der Waals surface area contributed by atoms with Crippen LogP contribution in [0, 0.1) is 0 Å². The van der Waals surface area contributed by atoms with Crippen molar-refractivity contribution in [3.63, 3.8) is 0 Å². The minimum Gasteiger partial charge on any atom is -0.352 e. The summed E-state index contributed by atoms with van der Waals surface area (Å²) in [5, 5.41) is 6.70. The molecule has 110 valence electrons. The number of likely N-dealkylation sites (tertiary alicyclic amines) is 1. The van der Waals surface area contributed by atoms with Crippen LogP contribution in [-0.2, 0) is 4.79 Å². The molecule has 0 bridgehead atoms. The maximum absolute atomic E-state index is 12.5. The predicted octanol–water partition coefficient (Wildman–Crippen LogP) is 1.51. The molecule has 0 radical (unpaired) electrons. The topological polar surface area (TPSA) is 44.4 Å². The van der Waals surface area contributed by atoms with Crippen molar-refractivity contribution in [3.05, 3.63) is 0 Å². The maximum Gasteiger partial charge on any atom is 0.240 e. The molecule has 0 aliphatic carbocycles. The van der Waals surface area contributed by atoms with E-state index in [4.69, 9.17) is 0 Å². The lowest BCUT2D eigenvalue weighted by Gasteiger charge is -2.35. The molecule has 2 saturated heterocycles. The molecule has 4 nitrogen and oxygen atoms in total. The highest BCUT2D eigenvalue weighted by atomic mass is 16.2. The Morgan fingerprint density at radius 2 is 2.11 bits per heavy atom. The third-order valence-electron chi connectivity index (χ3n) is 4.74. The molecule has 2 aliphatic rings. The number of piperidine rings is 1. The fraction of sp³-hybridized carbons (Fsp3) is 0.933. The van der Waals surface area contributed by atoms with E-state index in [0.29, 0.717) is 6.04 Å². The summed E-state index contributed by atoms with van der Waals surface area (Å²) in [5.74, 6) is 0.237. The van der Waals surface area contributed by atoms with Gasteiger partial charge in [-0.15, -0.1) is 0 Å². The summed E-state index contributed by atoms with van der Waals surface area (Å²) in [4.78, 5) is 15.0. The van der Waals surface area contributed by atoms with Crippen LogP contribution in [0.2, 0.25) is 0 Å². The Hall–Kier alpha value is -0.610. The van der Waals surface area contributed by atoms with Crippen LogP contribution in [0.5, 0.6) is 0 Å². The molecule has 0 aromatic heterocycles. The van der Waals surface area contributed by atoms with Crippen LogP contribution in [0.3, 0.4) is 0 Å². The minimum atomic E-state index is -0.277. The second-order valence-electron chi connectivity index (χ2n) is 6.06. The van der Waals surface area contributed by atoms with E-state index in [1.54, 1.807) is 0 Å². The zero-order valence-electron chi connectivity index (χ0n) is 12.5. The Kier molecular flexibility index (Phi) is 5.22. The van der Waals surface area contributed by atoms with Crippen molar-refractivity contribution >= 4 is 5.91 Å². The molecular weight excluding hydrogens is 238 g/mol. The zero-order chi connectivity index (χ0) is 13.7. The first kappa shape index (κ1) is 14.8. The molecule has 0 spiro atoms. The molecule has 19 heavy (non-hydrogen) atoms. The van der Waals surface area contributed by atoms with E-state index >= 15 is 0 Å². The van der Waals surface area contributed by atoms with Gasteiger partial charge in [-0.2, -0.15) is 0 Å². The number of hydrogen-bond donors (Lipinski definition) is 2. The van der Waals surface area contributed by atoms with Gasteiger partial charge in [0.15, 0.2) is 0 Å². The first-order valence-corrected chi connectivity index (χ1v) is 7.98. The molecule has 0 aromatic carbocycles. The number of hydrogen-bond acceptors (Lipinski definition) is 3. The molecule has 1 unspecified atom stereocenters. The standard InChI is InChI=1S/C15H29N3O/c1-3-10-18-11-6-13(7-12-18)17-14(19)15(4-2)8-5-9-16-15/h13,16H,3-12H2,1-2H3,(H,17,19). The lowest BCUT2D eigenvalue weighted by Crippen LogP contribution is -2.56. The summed E-state index contributed by atoms with van der Waals surface area (Å²) in [6, 6.07) is 0.381. The third-order valence-corrected chi connectivity index (χ3v) is 4.74.